The van der Waals surface area contributed by atoms with E-state index in [1.165, 1.54) is 18.4 Å². The topological polar surface area (TPSA) is 70.6 Å². The average molecular weight is 570 g/mol. The summed E-state index contributed by atoms with van der Waals surface area (Å²) in [6.45, 7) is 2.66. The quantitative estimate of drug-likeness (QED) is 0.327. The molecule has 0 bridgehead atoms. The Labute approximate surface area is 184 Å². The molecule has 0 aromatic heterocycles. The lowest BCUT2D eigenvalue weighted by atomic mass is 10.1. The maximum atomic E-state index is 13.3. The van der Waals surface area contributed by atoms with Gasteiger partial charge in [0.1, 0.15) is 5.82 Å². The lowest BCUT2D eigenvalue weighted by molar-refractivity contribution is 0.601. The van der Waals surface area contributed by atoms with Crippen LogP contribution in [0.15, 0.2) is 50.8 Å². The second kappa shape index (κ2) is 10.4. The minimum absolute atomic E-state index is 0. The van der Waals surface area contributed by atoms with E-state index in [0.29, 0.717) is 29.5 Å². The van der Waals surface area contributed by atoms with E-state index in [9.17, 15) is 12.8 Å². The predicted octanol–water partition coefficient (Wildman–Crippen LogP) is 3.78. The molecule has 0 spiro atoms. The molecule has 2 N–H and O–H groups in total. The van der Waals surface area contributed by atoms with Crippen LogP contribution in [-0.2, 0) is 22.9 Å². The minimum atomic E-state index is -3.22. The summed E-state index contributed by atoms with van der Waals surface area (Å²) in [6, 6.07) is 9.73. The number of benzene rings is 2. The highest BCUT2D eigenvalue weighted by atomic mass is 127. The first-order valence-electron chi connectivity index (χ1n) is 7.88. The average Bonchev–Trinajstić information content (AvgIpc) is 2.56. The molecular weight excluding hydrogens is 548 g/mol. The molecule has 0 saturated carbocycles. The molecule has 0 atom stereocenters. The van der Waals surface area contributed by atoms with E-state index in [4.69, 9.17) is 0 Å². The number of sulfone groups is 1. The van der Waals surface area contributed by atoms with Crippen molar-refractivity contribution in [3.63, 3.8) is 0 Å². The van der Waals surface area contributed by atoms with Gasteiger partial charge < -0.3 is 10.6 Å². The molecule has 5 nitrogen and oxygen atoms in total. The van der Waals surface area contributed by atoms with Gasteiger partial charge in [0.2, 0.25) is 0 Å². The molecule has 2 aromatic rings. The molecule has 0 heterocycles. The molecule has 9 heteroatoms. The Kier molecular flexibility index (Phi) is 9.16. The largest absolute Gasteiger partial charge is 0.352 e. The first-order valence-corrected chi connectivity index (χ1v) is 10.6. The Morgan fingerprint density at radius 2 is 1.81 bits per heavy atom. The van der Waals surface area contributed by atoms with Crippen molar-refractivity contribution in [2.24, 2.45) is 4.99 Å². The van der Waals surface area contributed by atoms with Crippen LogP contribution in [0.1, 0.15) is 16.7 Å². The van der Waals surface area contributed by atoms with Gasteiger partial charge in [-0.15, -0.1) is 24.0 Å². The summed E-state index contributed by atoms with van der Waals surface area (Å²) in [5, 5.41) is 6.28. The second-order valence-corrected chi connectivity index (χ2v) is 8.73. The van der Waals surface area contributed by atoms with Crippen LogP contribution in [0.4, 0.5) is 4.39 Å². The highest BCUT2D eigenvalue weighted by Gasteiger charge is 2.11. The maximum absolute atomic E-state index is 13.3. The number of rotatable bonds is 5. The Morgan fingerprint density at radius 1 is 1.15 bits per heavy atom. The van der Waals surface area contributed by atoms with Crippen molar-refractivity contribution in [2.75, 3.05) is 13.3 Å². The zero-order chi connectivity index (χ0) is 19.3. The summed E-state index contributed by atoms with van der Waals surface area (Å²) in [7, 11) is -1.58. The molecule has 148 valence electrons. The maximum Gasteiger partial charge on any atom is 0.191 e. The Hall–Kier alpha value is -1.20. The lowest BCUT2D eigenvalue weighted by Gasteiger charge is -2.14. The monoisotopic (exact) mass is 569 g/mol. The van der Waals surface area contributed by atoms with Gasteiger partial charge in [-0.05, 0) is 47.9 Å². The summed E-state index contributed by atoms with van der Waals surface area (Å²) in [4.78, 5) is 4.47. The van der Waals surface area contributed by atoms with Crippen molar-refractivity contribution >= 4 is 55.7 Å². The van der Waals surface area contributed by atoms with Crippen molar-refractivity contribution in [3.05, 3.63) is 63.4 Å². The van der Waals surface area contributed by atoms with Crippen LogP contribution < -0.4 is 10.6 Å². The highest BCUT2D eigenvalue weighted by Crippen LogP contribution is 2.18. The molecule has 2 rings (SSSR count). The van der Waals surface area contributed by atoms with Crippen LogP contribution in [0.5, 0.6) is 0 Å². The zero-order valence-corrected chi connectivity index (χ0v) is 19.9. The van der Waals surface area contributed by atoms with Gasteiger partial charge in [0.25, 0.3) is 0 Å². The van der Waals surface area contributed by atoms with Crippen molar-refractivity contribution in [3.8, 4) is 0 Å². The normalized spacial score (nSPS) is 11.7. The summed E-state index contributed by atoms with van der Waals surface area (Å²) in [6.07, 6.45) is 1.20. The van der Waals surface area contributed by atoms with E-state index < -0.39 is 9.84 Å². The summed E-state index contributed by atoms with van der Waals surface area (Å²) < 4.78 is 37.5. The van der Waals surface area contributed by atoms with E-state index in [-0.39, 0.29) is 29.8 Å². The number of nitrogens with zero attached hydrogens (tertiary/aromatic N) is 1. The first-order chi connectivity index (χ1) is 12.2. The number of aliphatic imine (C=N–C) groups is 1. The van der Waals surface area contributed by atoms with Crippen LogP contribution in [0.3, 0.4) is 0 Å². The van der Waals surface area contributed by atoms with Gasteiger partial charge in [-0.25, -0.2) is 12.8 Å². The molecule has 27 heavy (non-hydrogen) atoms. The fourth-order valence-electron chi connectivity index (χ4n) is 2.50. The van der Waals surface area contributed by atoms with E-state index in [0.717, 1.165) is 15.6 Å². The van der Waals surface area contributed by atoms with Crippen LogP contribution >= 0.6 is 39.9 Å². The van der Waals surface area contributed by atoms with Crippen molar-refractivity contribution < 1.29 is 12.8 Å². The number of guanidine groups is 1. The van der Waals surface area contributed by atoms with Gasteiger partial charge >= 0.3 is 0 Å². The molecule has 0 fully saturated rings. The van der Waals surface area contributed by atoms with Gasteiger partial charge in [-0.2, -0.15) is 0 Å². The number of aryl methyl sites for hydroxylation is 1. The molecule has 0 unspecified atom stereocenters. The third kappa shape index (κ3) is 7.04. The van der Waals surface area contributed by atoms with Crippen molar-refractivity contribution in [2.45, 2.75) is 24.9 Å². The standard InChI is InChI=1S/C18H21BrFN3O2S.HI/c1-12-8-13(4-7-17(12)26(3,24)25)10-22-18(21-2)23-11-14-9-15(20)5-6-16(14)19;/h4-9H,10-11H2,1-3H3,(H2,21,22,23);1H. The molecule has 0 radical (unpaired) electrons. The summed E-state index contributed by atoms with van der Waals surface area (Å²) in [5.41, 5.74) is 2.42. The van der Waals surface area contributed by atoms with Crippen molar-refractivity contribution in [1.82, 2.24) is 10.6 Å². The number of nitrogens with one attached hydrogen (secondary N) is 2. The summed E-state index contributed by atoms with van der Waals surface area (Å²) >= 11 is 3.39. The molecule has 2 aromatic carbocycles. The SMILES string of the molecule is CN=C(NCc1ccc(S(C)(=O)=O)c(C)c1)NCc1cc(F)ccc1Br.I. The van der Waals surface area contributed by atoms with Gasteiger partial charge in [-0.1, -0.05) is 28.1 Å². The number of hydrogen-bond acceptors (Lipinski definition) is 3. The van der Waals surface area contributed by atoms with Gasteiger partial charge in [0, 0.05) is 30.9 Å². The first kappa shape index (κ1) is 23.8. The number of hydrogen-bond donors (Lipinski definition) is 2. The van der Waals surface area contributed by atoms with Crippen LogP contribution in [0, 0.1) is 12.7 Å². The molecule has 0 aliphatic heterocycles. The molecule has 0 saturated heterocycles. The molecular formula is C18H22BrFIN3O2S. The van der Waals surface area contributed by atoms with Crippen LogP contribution in [0.2, 0.25) is 0 Å². The zero-order valence-electron chi connectivity index (χ0n) is 15.2. The fourth-order valence-corrected chi connectivity index (χ4v) is 3.85. The Morgan fingerprint density at radius 3 is 2.41 bits per heavy atom. The summed E-state index contributed by atoms with van der Waals surface area (Å²) in [5.74, 6) is 0.264. The Bertz CT molecular complexity index is 936. The van der Waals surface area contributed by atoms with E-state index in [1.54, 1.807) is 32.2 Å². The van der Waals surface area contributed by atoms with Crippen LogP contribution in [-0.4, -0.2) is 27.7 Å². The van der Waals surface area contributed by atoms with E-state index in [2.05, 4.69) is 31.6 Å². The molecule has 0 aliphatic carbocycles. The van der Waals surface area contributed by atoms with Crippen LogP contribution in [0.25, 0.3) is 0 Å². The van der Waals surface area contributed by atoms with E-state index in [1.807, 2.05) is 6.07 Å². The minimum Gasteiger partial charge on any atom is -0.352 e. The second-order valence-electron chi connectivity index (χ2n) is 5.89. The van der Waals surface area contributed by atoms with Gasteiger partial charge in [0.05, 0.1) is 4.90 Å². The van der Waals surface area contributed by atoms with Gasteiger partial charge in [0.15, 0.2) is 15.8 Å². The Balaban J connectivity index is 0.00000364. The number of halogens is 3. The predicted molar refractivity (Wildman–Crippen MR) is 121 cm³/mol. The highest BCUT2D eigenvalue weighted by molar-refractivity contribution is 14.0. The van der Waals surface area contributed by atoms with Gasteiger partial charge in [-0.3, -0.25) is 4.99 Å². The lowest BCUT2D eigenvalue weighted by Crippen LogP contribution is -2.36. The van der Waals surface area contributed by atoms with Crippen molar-refractivity contribution in [1.29, 1.82) is 0 Å². The molecule has 0 aliphatic rings. The third-order valence-corrected chi connectivity index (χ3v) is 5.81. The molecule has 0 amide bonds. The third-order valence-electron chi connectivity index (χ3n) is 3.78. The smallest absolute Gasteiger partial charge is 0.191 e. The fraction of sp³-hybridized carbons (Fsp3) is 0.278. The van der Waals surface area contributed by atoms with E-state index >= 15 is 0 Å².